The van der Waals surface area contributed by atoms with Gasteiger partial charge in [-0.25, -0.2) is 0 Å². The minimum Gasteiger partial charge on any atom is -0.359 e. The molecule has 3 aliphatic heterocycles. The number of hydrogen-bond acceptors (Lipinski definition) is 7. The van der Waals surface area contributed by atoms with Gasteiger partial charge in [-0.3, -0.25) is 0 Å². The Bertz CT molecular complexity index is 384. The Balaban J connectivity index is 1.72. The lowest BCUT2D eigenvalue weighted by atomic mass is 10.1. The van der Waals surface area contributed by atoms with E-state index < -0.39 is 17.9 Å². The predicted octanol–water partition coefficient (Wildman–Crippen LogP) is 1.00. The first-order chi connectivity index (χ1) is 9.81. The summed E-state index contributed by atoms with van der Waals surface area (Å²) in [5, 5.41) is 0. The first-order valence-electron chi connectivity index (χ1n) is 7.25. The van der Waals surface area contributed by atoms with E-state index in [9.17, 15) is 0 Å². The summed E-state index contributed by atoms with van der Waals surface area (Å²) in [6, 6.07) is 0. The Morgan fingerprint density at radius 1 is 1.00 bits per heavy atom. The summed E-state index contributed by atoms with van der Waals surface area (Å²) in [6.07, 6.45) is -1.61. The average molecular weight is 304 g/mol. The highest BCUT2D eigenvalue weighted by Gasteiger charge is 2.58. The average Bonchev–Trinajstić information content (AvgIpc) is 2.96. The van der Waals surface area contributed by atoms with Crippen LogP contribution in [0.15, 0.2) is 0 Å². The third kappa shape index (κ3) is 3.10. The zero-order valence-corrected chi connectivity index (χ0v) is 13.2. The number of hydrogen-bond donors (Lipinski definition) is 0. The van der Waals surface area contributed by atoms with Gasteiger partial charge in [0.25, 0.3) is 0 Å². The minimum atomic E-state index is -0.679. The van der Waals surface area contributed by atoms with E-state index in [-0.39, 0.29) is 31.2 Å². The molecular weight excluding hydrogens is 280 g/mol. The van der Waals surface area contributed by atoms with Gasteiger partial charge in [-0.05, 0) is 27.7 Å². The van der Waals surface area contributed by atoms with Crippen LogP contribution in [0, 0.1) is 0 Å². The van der Waals surface area contributed by atoms with Gasteiger partial charge in [0.15, 0.2) is 17.9 Å². The van der Waals surface area contributed by atoms with E-state index in [2.05, 4.69) is 0 Å². The van der Waals surface area contributed by atoms with Crippen molar-refractivity contribution in [2.24, 2.45) is 0 Å². The van der Waals surface area contributed by atoms with Crippen molar-refractivity contribution >= 4 is 0 Å². The van der Waals surface area contributed by atoms with Crippen LogP contribution in [0.1, 0.15) is 27.7 Å². The maximum absolute atomic E-state index is 5.98. The van der Waals surface area contributed by atoms with Crippen LogP contribution in [0.4, 0.5) is 0 Å². The molecule has 0 aromatic rings. The second-order valence-electron chi connectivity index (χ2n) is 6.47. The van der Waals surface area contributed by atoms with E-state index in [4.69, 9.17) is 33.2 Å². The molecule has 122 valence electrons. The molecule has 3 fully saturated rings. The summed E-state index contributed by atoms with van der Waals surface area (Å²) in [5.41, 5.74) is 0. The van der Waals surface area contributed by atoms with Crippen LogP contribution in [0.2, 0.25) is 0 Å². The molecule has 0 unspecified atom stereocenters. The minimum absolute atomic E-state index is 0.161. The Morgan fingerprint density at radius 3 is 2.38 bits per heavy atom. The maximum Gasteiger partial charge on any atom is 0.190 e. The van der Waals surface area contributed by atoms with Gasteiger partial charge in [0.05, 0.1) is 6.61 Å². The second kappa shape index (κ2) is 5.42. The van der Waals surface area contributed by atoms with Crippen LogP contribution in [0.25, 0.3) is 0 Å². The molecular formula is C14H24O7. The molecule has 3 saturated heterocycles. The molecule has 3 heterocycles. The molecule has 0 amide bonds. The van der Waals surface area contributed by atoms with E-state index in [0.717, 1.165) is 0 Å². The Labute approximate surface area is 124 Å². The van der Waals surface area contributed by atoms with Crippen LogP contribution in [-0.4, -0.2) is 62.8 Å². The standard InChI is InChI=1S/C14H24O7/c1-13(2)17-6-8(19-13)9-10(16-7-15-5)11-12(18-9)21-14(3,4)20-11/h8-12H,6-7H2,1-5H3/t8-,9-,10-,11-,12-/m1/s1. The van der Waals surface area contributed by atoms with Gasteiger partial charge in [-0.15, -0.1) is 0 Å². The van der Waals surface area contributed by atoms with E-state index in [0.29, 0.717) is 6.61 Å². The quantitative estimate of drug-likeness (QED) is 0.718. The summed E-state index contributed by atoms with van der Waals surface area (Å²) in [6.45, 7) is 8.08. The van der Waals surface area contributed by atoms with Crippen molar-refractivity contribution in [1.29, 1.82) is 0 Å². The molecule has 0 saturated carbocycles. The van der Waals surface area contributed by atoms with Crippen LogP contribution in [0.5, 0.6) is 0 Å². The maximum atomic E-state index is 5.98. The lowest BCUT2D eigenvalue weighted by molar-refractivity contribution is -0.241. The van der Waals surface area contributed by atoms with Crippen molar-refractivity contribution in [3.05, 3.63) is 0 Å². The van der Waals surface area contributed by atoms with Crippen LogP contribution in [0.3, 0.4) is 0 Å². The Kier molecular flexibility index (Phi) is 4.03. The van der Waals surface area contributed by atoms with E-state index >= 15 is 0 Å². The third-order valence-electron chi connectivity index (χ3n) is 3.80. The molecule has 3 rings (SSSR count). The molecule has 0 bridgehead atoms. The molecule has 5 atom stereocenters. The highest BCUT2D eigenvalue weighted by atomic mass is 16.9. The van der Waals surface area contributed by atoms with E-state index in [1.807, 2.05) is 27.7 Å². The van der Waals surface area contributed by atoms with Gasteiger partial charge >= 0.3 is 0 Å². The Morgan fingerprint density at radius 2 is 1.76 bits per heavy atom. The largest absolute Gasteiger partial charge is 0.359 e. The molecule has 7 nitrogen and oxygen atoms in total. The molecule has 0 N–H and O–H groups in total. The fourth-order valence-corrected chi connectivity index (χ4v) is 3.02. The normalized spacial score (nSPS) is 44.1. The van der Waals surface area contributed by atoms with Crippen molar-refractivity contribution in [3.63, 3.8) is 0 Å². The highest BCUT2D eigenvalue weighted by Crippen LogP contribution is 2.41. The lowest BCUT2D eigenvalue weighted by Crippen LogP contribution is -2.44. The summed E-state index contributed by atoms with van der Waals surface area (Å²) < 4.78 is 39.9. The van der Waals surface area contributed by atoms with E-state index in [1.165, 1.54) is 0 Å². The van der Waals surface area contributed by atoms with Crippen molar-refractivity contribution in [3.8, 4) is 0 Å². The molecule has 0 aliphatic carbocycles. The summed E-state index contributed by atoms with van der Waals surface area (Å²) in [4.78, 5) is 0. The first kappa shape index (κ1) is 15.6. The van der Waals surface area contributed by atoms with E-state index in [1.54, 1.807) is 7.11 Å². The van der Waals surface area contributed by atoms with Gasteiger partial charge in [0.1, 0.15) is 31.2 Å². The predicted molar refractivity (Wildman–Crippen MR) is 70.4 cm³/mol. The van der Waals surface area contributed by atoms with Gasteiger partial charge in [-0.1, -0.05) is 0 Å². The number of fused-ring (bicyclic) bond motifs is 1. The van der Waals surface area contributed by atoms with Crippen molar-refractivity contribution in [2.75, 3.05) is 20.5 Å². The molecule has 0 aromatic heterocycles. The topological polar surface area (TPSA) is 64.6 Å². The monoisotopic (exact) mass is 304 g/mol. The molecule has 7 heteroatoms. The highest BCUT2D eigenvalue weighted by molar-refractivity contribution is 4.98. The zero-order valence-electron chi connectivity index (χ0n) is 13.2. The number of methoxy groups -OCH3 is 1. The SMILES string of the molecule is COCO[C@H]1[C@H]2OC(C)(C)O[C@H]2O[C@@H]1[C@H]1COC(C)(C)O1. The van der Waals surface area contributed by atoms with Crippen LogP contribution < -0.4 is 0 Å². The number of rotatable bonds is 4. The summed E-state index contributed by atoms with van der Waals surface area (Å²) >= 11 is 0. The summed E-state index contributed by atoms with van der Waals surface area (Å²) in [7, 11) is 1.58. The molecule has 21 heavy (non-hydrogen) atoms. The third-order valence-corrected chi connectivity index (χ3v) is 3.80. The molecule has 0 aromatic carbocycles. The first-order valence-corrected chi connectivity index (χ1v) is 7.25. The Hall–Kier alpha value is -0.280. The molecule has 0 radical (unpaired) electrons. The van der Waals surface area contributed by atoms with Crippen molar-refractivity contribution in [1.82, 2.24) is 0 Å². The lowest BCUT2D eigenvalue weighted by Gasteiger charge is -2.28. The second-order valence-corrected chi connectivity index (χ2v) is 6.47. The van der Waals surface area contributed by atoms with Crippen molar-refractivity contribution in [2.45, 2.75) is 70.0 Å². The van der Waals surface area contributed by atoms with Gasteiger partial charge < -0.3 is 33.2 Å². The fraction of sp³-hybridized carbons (Fsp3) is 1.00. The smallest absolute Gasteiger partial charge is 0.190 e. The summed E-state index contributed by atoms with van der Waals surface area (Å²) in [5.74, 6) is -1.29. The van der Waals surface area contributed by atoms with Crippen LogP contribution >= 0.6 is 0 Å². The molecule has 0 spiro atoms. The van der Waals surface area contributed by atoms with Crippen molar-refractivity contribution < 1.29 is 33.2 Å². The zero-order chi connectivity index (χ0) is 15.3. The van der Waals surface area contributed by atoms with Gasteiger partial charge in [0, 0.05) is 7.11 Å². The fourth-order valence-electron chi connectivity index (χ4n) is 3.02. The van der Waals surface area contributed by atoms with Gasteiger partial charge in [0.2, 0.25) is 0 Å². The molecule has 3 aliphatic rings. The van der Waals surface area contributed by atoms with Crippen LogP contribution in [-0.2, 0) is 33.2 Å². The van der Waals surface area contributed by atoms with Gasteiger partial charge in [-0.2, -0.15) is 0 Å². The number of ether oxygens (including phenoxy) is 7.